The molecule has 6 atom stereocenters. The summed E-state index contributed by atoms with van der Waals surface area (Å²) in [4.78, 5) is 72.9. The maximum Gasteiger partial charge on any atom is 0.472 e. The van der Waals surface area contributed by atoms with E-state index in [4.69, 9.17) is 37.0 Å². The van der Waals surface area contributed by atoms with Crippen LogP contribution in [0.3, 0.4) is 0 Å². The fraction of sp³-hybridized carbons (Fsp3) is 0.949. The number of unbranched alkanes of at least 4 members (excludes halogenated alkanes) is 49. The molecule has 0 saturated heterocycles. The van der Waals surface area contributed by atoms with Crippen molar-refractivity contribution >= 4 is 39.5 Å². The van der Waals surface area contributed by atoms with Gasteiger partial charge in [0.05, 0.1) is 26.4 Å². The first-order valence-electron chi connectivity index (χ1n) is 40.7. The molecular formula is C78H152O17P2. The third-order valence-electron chi connectivity index (χ3n) is 18.6. The molecule has 0 amide bonds. The second-order valence-electron chi connectivity index (χ2n) is 28.3. The highest BCUT2D eigenvalue weighted by Crippen LogP contribution is 2.45. The van der Waals surface area contributed by atoms with Crippen molar-refractivity contribution in [3.8, 4) is 0 Å². The zero-order valence-corrected chi connectivity index (χ0v) is 65.0. The summed E-state index contributed by atoms with van der Waals surface area (Å²) in [6, 6.07) is 0. The first-order valence-corrected chi connectivity index (χ1v) is 43.7. The summed E-state index contributed by atoms with van der Waals surface area (Å²) in [7, 11) is -9.91. The van der Waals surface area contributed by atoms with Crippen LogP contribution in [-0.4, -0.2) is 96.7 Å². The first kappa shape index (κ1) is 95.1. The number of rotatable bonds is 78. The van der Waals surface area contributed by atoms with Gasteiger partial charge in [-0.3, -0.25) is 37.3 Å². The average Bonchev–Trinajstić information content (AvgIpc) is 1.30. The van der Waals surface area contributed by atoms with Crippen molar-refractivity contribution in [3.63, 3.8) is 0 Å². The fourth-order valence-electron chi connectivity index (χ4n) is 12.0. The van der Waals surface area contributed by atoms with E-state index in [1.807, 2.05) is 0 Å². The average molecular weight is 1420 g/mol. The van der Waals surface area contributed by atoms with Gasteiger partial charge in [0.1, 0.15) is 19.3 Å². The van der Waals surface area contributed by atoms with Crippen LogP contribution in [0, 0.1) is 5.92 Å². The van der Waals surface area contributed by atoms with Crippen molar-refractivity contribution in [3.05, 3.63) is 0 Å². The summed E-state index contributed by atoms with van der Waals surface area (Å²) in [6.45, 7) is 7.32. The summed E-state index contributed by atoms with van der Waals surface area (Å²) in [5.74, 6) is -1.33. The largest absolute Gasteiger partial charge is 0.472 e. The first-order chi connectivity index (χ1) is 47.1. The number of ether oxygens (including phenoxy) is 4. The predicted molar refractivity (Wildman–Crippen MR) is 395 cm³/mol. The SMILES string of the molecule is CCCCCCCCCCCCCCCCCCC(=O)OC[C@H](COP(=O)(O)OC[C@@H](O)COP(=O)(O)OC[C@@H](COC(=O)CCCCCCCCCCC(C)CC)OC(=O)CCCCCCCCCCCCCCC)OC(=O)CCCCCCCCCCCCCCCCCC. The molecule has 97 heavy (non-hydrogen) atoms. The van der Waals surface area contributed by atoms with Crippen LogP contribution in [0.25, 0.3) is 0 Å². The number of phosphoric ester groups is 2. The number of aliphatic hydroxyl groups excluding tert-OH is 1. The number of phosphoric acid groups is 2. The molecule has 0 bridgehead atoms. The minimum Gasteiger partial charge on any atom is -0.462 e. The topological polar surface area (TPSA) is 237 Å². The van der Waals surface area contributed by atoms with Gasteiger partial charge in [-0.1, -0.05) is 362 Å². The van der Waals surface area contributed by atoms with E-state index in [1.165, 1.54) is 238 Å². The molecule has 0 heterocycles. The lowest BCUT2D eigenvalue weighted by atomic mass is 9.99. The van der Waals surface area contributed by atoms with Crippen LogP contribution in [0.1, 0.15) is 413 Å². The second-order valence-corrected chi connectivity index (χ2v) is 31.3. The van der Waals surface area contributed by atoms with Gasteiger partial charge in [0.2, 0.25) is 0 Å². The third kappa shape index (κ3) is 70.9. The Morgan fingerprint density at radius 2 is 0.495 bits per heavy atom. The lowest BCUT2D eigenvalue weighted by Crippen LogP contribution is -2.30. The summed E-state index contributed by atoms with van der Waals surface area (Å²) in [5, 5.41) is 10.6. The number of carbonyl (C=O) groups is 4. The standard InChI is InChI=1S/C78H152O17P2/c1-6-10-13-16-19-22-25-28-30-32-35-37-40-46-51-56-61-75(80)88-67-73(94-78(83)64-59-54-49-42-39-36-33-31-29-26-23-20-17-14-11-7-2)69-92-96(84,85)90-65-72(79)66-91-97(86,87)93-70-74(68-89-76(81)62-57-52-47-44-43-45-50-55-60-71(5)9-4)95-77(82)63-58-53-48-41-38-34-27-24-21-18-15-12-8-3/h71-74,79H,6-70H2,1-5H3,(H,84,85)(H,86,87)/t71?,72-,73-,74-/m1/s1. The van der Waals surface area contributed by atoms with E-state index in [0.717, 1.165) is 95.8 Å². The number of hydrogen-bond donors (Lipinski definition) is 3. The highest BCUT2D eigenvalue weighted by molar-refractivity contribution is 7.47. The maximum absolute atomic E-state index is 13.1. The Balaban J connectivity index is 5.26. The minimum atomic E-state index is -4.96. The van der Waals surface area contributed by atoms with Gasteiger partial charge in [-0.05, 0) is 31.6 Å². The van der Waals surface area contributed by atoms with Crippen molar-refractivity contribution in [1.29, 1.82) is 0 Å². The van der Waals surface area contributed by atoms with E-state index in [2.05, 4.69) is 34.6 Å². The van der Waals surface area contributed by atoms with Gasteiger partial charge in [-0.15, -0.1) is 0 Å². The Bertz CT molecular complexity index is 1860. The van der Waals surface area contributed by atoms with Gasteiger partial charge in [0, 0.05) is 25.7 Å². The summed E-state index contributed by atoms with van der Waals surface area (Å²) < 4.78 is 68.6. The third-order valence-corrected chi connectivity index (χ3v) is 20.5. The van der Waals surface area contributed by atoms with E-state index in [9.17, 15) is 43.2 Å². The van der Waals surface area contributed by atoms with Crippen LogP contribution in [-0.2, 0) is 65.4 Å². The van der Waals surface area contributed by atoms with Crippen molar-refractivity contribution in [2.75, 3.05) is 39.6 Å². The molecule has 3 unspecified atom stereocenters. The molecule has 3 N–H and O–H groups in total. The number of carbonyl (C=O) groups excluding carboxylic acids is 4. The summed E-state index contributed by atoms with van der Waals surface area (Å²) >= 11 is 0. The van der Waals surface area contributed by atoms with Crippen LogP contribution in [0.5, 0.6) is 0 Å². The lowest BCUT2D eigenvalue weighted by molar-refractivity contribution is -0.161. The van der Waals surface area contributed by atoms with Crippen LogP contribution >= 0.6 is 15.6 Å². The Morgan fingerprint density at radius 1 is 0.289 bits per heavy atom. The van der Waals surface area contributed by atoms with E-state index >= 15 is 0 Å². The molecule has 0 aliphatic heterocycles. The Kier molecular flexibility index (Phi) is 69.6. The molecule has 0 aliphatic rings. The molecule has 0 rings (SSSR count). The van der Waals surface area contributed by atoms with E-state index in [0.29, 0.717) is 25.7 Å². The van der Waals surface area contributed by atoms with Crippen LogP contribution < -0.4 is 0 Å². The van der Waals surface area contributed by atoms with Gasteiger partial charge in [0.15, 0.2) is 12.2 Å². The predicted octanol–water partition coefficient (Wildman–Crippen LogP) is 23.3. The van der Waals surface area contributed by atoms with Gasteiger partial charge in [0.25, 0.3) is 0 Å². The number of esters is 4. The Labute approximate surface area is 594 Å². The molecule has 0 radical (unpaired) electrons. The van der Waals surface area contributed by atoms with E-state index in [1.54, 1.807) is 0 Å². The molecule has 19 heteroatoms. The maximum atomic E-state index is 13.1. The number of aliphatic hydroxyl groups is 1. The van der Waals surface area contributed by atoms with Gasteiger partial charge in [-0.2, -0.15) is 0 Å². The van der Waals surface area contributed by atoms with Crippen molar-refractivity contribution < 1.29 is 80.2 Å². The van der Waals surface area contributed by atoms with Gasteiger partial charge >= 0.3 is 39.5 Å². The molecular weight excluding hydrogens is 1270 g/mol. The van der Waals surface area contributed by atoms with Crippen LogP contribution in [0.2, 0.25) is 0 Å². The summed E-state index contributed by atoms with van der Waals surface area (Å²) in [5.41, 5.74) is 0. The minimum absolute atomic E-state index is 0.108. The van der Waals surface area contributed by atoms with Crippen molar-refractivity contribution in [2.45, 2.75) is 432 Å². The molecule has 17 nitrogen and oxygen atoms in total. The van der Waals surface area contributed by atoms with Crippen molar-refractivity contribution in [2.24, 2.45) is 5.92 Å². The fourth-order valence-corrected chi connectivity index (χ4v) is 13.6. The number of hydrogen-bond acceptors (Lipinski definition) is 15. The zero-order chi connectivity index (χ0) is 71.2. The molecule has 0 aromatic carbocycles. The van der Waals surface area contributed by atoms with E-state index in [-0.39, 0.29) is 25.7 Å². The molecule has 576 valence electrons. The molecule has 0 fully saturated rings. The lowest BCUT2D eigenvalue weighted by Gasteiger charge is -2.21. The van der Waals surface area contributed by atoms with Crippen LogP contribution in [0.15, 0.2) is 0 Å². The highest BCUT2D eigenvalue weighted by atomic mass is 31.2. The zero-order valence-electron chi connectivity index (χ0n) is 63.2. The molecule has 0 aliphatic carbocycles. The van der Waals surface area contributed by atoms with E-state index < -0.39 is 97.5 Å². The normalized spacial score (nSPS) is 14.2. The Morgan fingerprint density at radius 3 is 0.732 bits per heavy atom. The smallest absolute Gasteiger partial charge is 0.462 e. The molecule has 0 spiro atoms. The monoisotopic (exact) mass is 1420 g/mol. The summed E-state index contributed by atoms with van der Waals surface area (Å²) in [6.07, 6.45) is 60.8. The van der Waals surface area contributed by atoms with Crippen molar-refractivity contribution in [1.82, 2.24) is 0 Å². The quantitative estimate of drug-likeness (QED) is 0.0222. The van der Waals surface area contributed by atoms with Gasteiger partial charge < -0.3 is 33.8 Å². The van der Waals surface area contributed by atoms with Gasteiger partial charge in [-0.25, -0.2) is 9.13 Å². The molecule has 0 saturated carbocycles. The second kappa shape index (κ2) is 71.1. The highest BCUT2D eigenvalue weighted by Gasteiger charge is 2.30. The molecule has 0 aromatic rings. The van der Waals surface area contributed by atoms with Crippen LogP contribution in [0.4, 0.5) is 0 Å². The Hall–Kier alpha value is -1.94. The molecule has 0 aromatic heterocycles.